The standard InChI is InChI=1S/C11H13F3N4O3/c1-18-4-6(21-5-9(18)19)3-15-10(20)7-2-8(17-16-7)11(12,13)14/h2,6H,3-5H2,1H3,(H,15,20)(H,16,17)/t6-/m0/s1. The van der Waals surface area contributed by atoms with Crippen LogP contribution >= 0.6 is 0 Å². The Kier molecular flexibility index (Phi) is 4.16. The third-order valence-corrected chi connectivity index (χ3v) is 2.95. The molecule has 0 spiro atoms. The number of H-pyrrole nitrogens is 1. The lowest BCUT2D eigenvalue weighted by atomic mass is 10.2. The zero-order chi connectivity index (χ0) is 15.6. The minimum Gasteiger partial charge on any atom is -0.365 e. The highest BCUT2D eigenvalue weighted by Crippen LogP contribution is 2.27. The highest BCUT2D eigenvalue weighted by molar-refractivity contribution is 5.92. The van der Waals surface area contributed by atoms with Crippen LogP contribution in [0.15, 0.2) is 6.07 Å². The highest BCUT2D eigenvalue weighted by Gasteiger charge is 2.34. The first kappa shape index (κ1) is 15.3. The smallest absolute Gasteiger partial charge is 0.365 e. The summed E-state index contributed by atoms with van der Waals surface area (Å²) in [4.78, 5) is 24.3. The van der Waals surface area contributed by atoms with Crippen molar-refractivity contribution >= 4 is 11.8 Å². The normalized spacial score (nSPS) is 19.7. The van der Waals surface area contributed by atoms with Crippen LogP contribution in [0.1, 0.15) is 16.2 Å². The first-order valence-corrected chi connectivity index (χ1v) is 6.03. The number of aromatic nitrogens is 2. The molecule has 0 radical (unpaired) electrons. The van der Waals surface area contributed by atoms with E-state index in [0.29, 0.717) is 12.6 Å². The van der Waals surface area contributed by atoms with Crippen molar-refractivity contribution in [3.63, 3.8) is 0 Å². The van der Waals surface area contributed by atoms with Crippen molar-refractivity contribution in [2.45, 2.75) is 12.3 Å². The molecule has 1 saturated heterocycles. The lowest BCUT2D eigenvalue weighted by Crippen LogP contribution is -2.48. The van der Waals surface area contributed by atoms with Crippen LogP contribution in [-0.2, 0) is 15.7 Å². The molecule has 1 aliphatic rings. The number of carbonyl (C=O) groups is 2. The number of carbonyl (C=O) groups excluding carboxylic acids is 2. The average Bonchev–Trinajstić information content (AvgIpc) is 2.89. The van der Waals surface area contributed by atoms with Gasteiger partial charge in [-0.15, -0.1) is 0 Å². The number of nitrogens with one attached hydrogen (secondary N) is 2. The van der Waals surface area contributed by atoms with Crippen molar-refractivity contribution in [3.05, 3.63) is 17.5 Å². The lowest BCUT2D eigenvalue weighted by molar-refractivity contribution is -0.146. The zero-order valence-electron chi connectivity index (χ0n) is 11.0. The molecule has 1 aromatic rings. The summed E-state index contributed by atoms with van der Waals surface area (Å²) >= 11 is 0. The van der Waals surface area contributed by atoms with E-state index in [2.05, 4.69) is 10.4 Å². The maximum Gasteiger partial charge on any atom is 0.432 e. The van der Waals surface area contributed by atoms with Gasteiger partial charge in [-0.25, -0.2) is 0 Å². The highest BCUT2D eigenvalue weighted by atomic mass is 19.4. The van der Waals surface area contributed by atoms with Crippen LogP contribution in [0.3, 0.4) is 0 Å². The van der Waals surface area contributed by atoms with Gasteiger partial charge in [0.25, 0.3) is 5.91 Å². The van der Waals surface area contributed by atoms with Gasteiger partial charge in [0, 0.05) is 26.2 Å². The fourth-order valence-electron chi connectivity index (χ4n) is 1.76. The van der Waals surface area contributed by atoms with Gasteiger partial charge in [0.05, 0.1) is 6.10 Å². The number of alkyl halides is 3. The van der Waals surface area contributed by atoms with E-state index in [0.717, 1.165) is 0 Å². The van der Waals surface area contributed by atoms with Gasteiger partial charge in [0.1, 0.15) is 12.3 Å². The van der Waals surface area contributed by atoms with E-state index in [1.165, 1.54) is 4.90 Å². The average molecular weight is 306 g/mol. The second-order valence-corrected chi connectivity index (χ2v) is 4.58. The van der Waals surface area contributed by atoms with E-state index in [9.17, 15) is 22.8 Å². The number of amides is 2. The number of hydrogen-bond acceptors (Lipinski definition) is 4. The number of rotatable bonds is 3. The first-order chi connectivity index (χ1) is 9.77. The predicted octanol–water partition coefficient (Wildman–Crippen LogP) is 0.0155. The van der Waals surface area contributed by atoms with E-state index in [1.807, 2.05) is 0 Å². The fraction of sp³-hybridized carbons (Fsp3) is 0.545. The van der Waals surface area contributed by atoms with Crippen molar-refractivity contribution < 1.29 is 27.5 Å². The number of hydrogen-bond donors (Lipinski definition) is 2. The van der Waals surface area contributed by atoms with Crippen molar-refractivity contribution in [1.82, 2.24) is 20.4 Å². The molecule has 10 heteroatoms. The van der Waals surface area contributed by atoms with Crippen LogP contribution in [0, 0.1) is 0 Å². The van der Waals surface area contributed by atoms with Gasteiger partial charge < -0.3 is 15.0 Å². The molecule has 2 N–H and O–H groups in total. The SMILES string of the molecule is CN1C[C@H](CNC(=O)c2cc(C(F)(F)F)[nH]n2)OCC1=O. The number of ether oxygens (including phenoxy) is 1. The van der Waals surface area contributed by atoms with E-state index < -0.39 is 23.9 Å². The van der Waals surface area contributed by atoms with Crippen LogP contribution in [0.25, 0.3) is 0 Å². The van der Waals surface area contributed by atoms with Gasteiger partial charge in [-0.2, -0.15) is 18.3 Å². The van der Waals surface area contributed by atoms with Crippen molar-refractivity contribution in [3.8, 4) is 0 Å². The Balaban J connectivity index is 1.87. The van der Waals surface area contributed by atoms with E-state index >= 15 is 0 Å². The largest absolute Gasteiger partial charge is 0.432 e. The molecule has 0 unspecified atom stereocenters. The Morgan fingerprint density at radius 2 is 2.33 bits per heavy atom. The van der Waals surface area contributed by atoms with Crippen LogP contribution in [0.5, 0.6) is 0 Å². The third-order valence-electron chi connectivity index (χ3n) is 2.95. The first-order valence-electron chi connectivity index (χ1n) is 6.03. The number of halogens is 3. The molecule has 2 rings (SSSR count). The minimum atomic E-state index is -4.58. The maximum atomic E-state index is 12.4. The molecule has 1 aromatic heterocycles. The molecular weight excluding hydrogens is 293 g/mol. The summed E-state index contributed by atoms with van der Waals surface area (Å²) in [5.41, 5.74) is -1.45. The molecule has 0 saturated carbocycles. The molecule has 7 nitrogen and oxygen atoms in total. The van der Waals surface area contributed by atoms with Crippen LogP contribution in [0.2, 0.25) is 0 Å². The van der Waals surface area contributed by atoms with Crippen LogP contribution < -0.4 is 5.32 Å². The zero-order valence-corrected chi connectivity index (χ0v) is 11.0. The van der Waals surface area contributed by atoms with E-state index in [-0.39, 0.29) is 24.8 Å². The summed E-state index contributed by atoms with van der Waals surface area (Å²) in [7, 11) is 1.60. The Morgan fingerprint density at radius 1 is 1.62 bits per heavy atom. The van der Waals surface area contributed by atoms with Gasteiger partial charge in [-0.1, -0.05) is 0 Å². The van der Waals surface area contributed by atoms with Gasteiger partial charge in [-0.3, -0.25) is 14.7 Å². The van der Waals surface area contributed by atoms with Crippen molar-refractivity contribution in [2.75, 3.05) is 26.7 Å². The molecule has 0 bridgehead atoms. The molecule has 1 atom stereocenters. The number of morpholine rings is 1. The Morgan fingerprint density at radius 3 is 2.90 bits per heavy atom. The second kappa shape index (κ2) is 5.72. The summed E-state index contributed by atoms with van der Waals surface area (Å²) in [6.07, 6.45) is -4.99. The van der Waals surface area contributed by atoms with Gasteiger partial charge in [0.15, 0.2) is 5.69 Å². The molecule has 1 fully saturated rings. The number of aromatic amines is 1. The van der Waals surface area contributed by atoms with Gasteiger partial charge >= 0.3 is 6.18 Å². The Labute approximate surface area is 117 Å². The lowest BCUT2D eigenvalue weighted by Gasteiger charge is -2.29. The maximum absolute atomic E-state index is 12.4. The molecule has 2 heterocycles. The fourth-order valence-corrected chi connectivity index (χ4v) is 1.76. The van der Waals surface area contributed by atoms with Crippen LogP contribution in [-0.4, -0.2) is 59.8 Å². The summed E-state index contributed by atoms with van der Waals surface area (Å²) in [5, 5.41) is 7.49. The third kappa shape index (κ3) is 3.72. The minimum absolute atomic E-state index is 0.0741. The molecule has 21 heavy (non-hydrogen) atoms. The van der Waals surface area contributed by atoms with Crippen molar-refractivity contribution in [1.29, 1.82) is 0 Å². The molecule has 1 aliphatic heterocycles. The number of nitrogens with zero attached hydrogens (tertiary/aromatic N) is 2. The summed E-state index contributed by atoms with van der Waals surface area (Å²) in [5.74, 6) is -0.912. The Hall–Kier alpha value is -2.10. The molecule has 0 aromatic carbocycles. The monoisotopic (exact) mass is 306 g/mol. The molecule has 116 valence electrons. The Bertz CT molecular complexity index is 543. The van der Waals surface area contributed by atoms with E-state index in [4.69, 9.17) is 4.74 Å². The molecule has 0 aliphatic carbocycles. The molecule has 2 amide bonds. The summed E-state index contributed by atoms with van der Waals surface area (Å²) in [6.45, 7) is 0.288. The summed E-state index contributed by atoms with van der Waals surface area (Å²) in [6, 6.07) is 0.632. The second-order valence-electron chi connectivity index (χ2n) is 4.58. The van der Waals surface area contributed by atoms with Gasteiger partial charge in [-0.05, 0) is 0 Å². The predicted molar refractivity (Wildman–Crippen MR) is 63.3 cm³/mol. The number of likely N-dealkylation sites (N-methyl/N-ethyl adjacent to an activating group) is 1. The van der Waals surface area contributed by atoms with Crippen molar-refractivity contribution in [2.24, 2.45) is 0 Å². The van der Waals surface area contributed by atoms with E-state index in [1.54, 1.807) is 12.1 Å². The quantitative estimate of drug-likeness (QED) is 0.824. The molecular formula is C11H13F3N4O3. The topological polar surface area (TPSA) is 87.3 Å². The summed E-state index contributed by atoms with van der Waals surface area (Å²) < 4.78 is 42.3. The van der Waals surface area contributed by atoms with Gasteiger partial charge in [0.2, 0.25) is 5.91 Å². The van der Waals surface area contributed by atoms with Crippen LogP contribution in [0.4, 0.5) is 13.2 Å².